The predicted molar refractivity (Wildman–Crippen MR) is 65.4 cm³/mol. The van der Waals surface area contributed by atoms with Gasteiger partial charge in [0.2, 0.25) is 0 Å². The fourth-order valence-corrected chi connectivity index (χ4v) is 2.05. The molecule has 0 aromatic heterocycles. The summed E-state index contributed by atoms with van der Waals surface area (Å²) in [5.74, 6) is -0.418. The smallest absolute Gasteiger partial charge is 0.337 e. The van der Waals surface area contributed by atoms with Gasteiger partial charge in [0.1, 0.15) is 0 Å². The third-order valence-corrected chi connectivity index (χ3v) is 2.99. The maximum Gasteiger partial charge on any atom is 0.337 e. The number of benzene rings is 1. The monoisotopic (exact) mass is 235 g/mol. The van der Waals surface area contributed by atoms with Crippen molar-refractivity contribution in [2.24, 2.45) is 5.92 Å². The predicted octanol–water partition coefficient (Wildman–Crippen LogP) is 2.22. The highest BCUT2D eigenvalue weighted by atomic mass is 16.5. The molecule has 17 heavy (non-hydrogen) atoms. The Kier molecular flexibility index (Phi) is 3.98. The zero-order chi connectivity index (χ0) is 12.1. The second-order valence-corrected chi connectivity index (χ2v) is 4.31. The van der Waals surface area contributed by atoms with Crippen molar-refractivity contribution < 1.29 is 14.6 Å². The molecule has 1 aromatic carbocycles. The van der Waals surface area contributed by atoms with Crippen molar-refractivity contribution in [3.8, 4) is 0 Å². The summed E-state index contributed by atoms with van der Waals surface area (Å²) < 4.78 is 5.39. The van der Waals surface area contributed by atoms with Crippen molar-refractivity contribution >= 4 is 11.7 Å². The summed E-state index contributed by atoms with van der Waals surface area (Å²) in [6.45, 7) is 2.38. The Hall–Kier alpha value is -1.55. The zero-order valence-electron chi connectivity index (χ0n) is 9.69. The van der Waals surface area contributed by atoms with E-state index in [4.69, 9.17) is 9.84 Å². The number of anilines is 1. The first kappa shape index (κ1) is 11.9. The average molecular weight is 235 g/mol. The van der Waals surface area contributed by atoms with Crippen LogP contribution >= 0.6 is 0 Å². The number of carbonyl (C=O) groups is 1. The van der Waals surface area contributed by atoms with E-state index in [9.17, 15) is 4.79 Å². The van der Waals surface area contributed by atoms with Crippen molar-refractivity contribution in [1.82, 2.24) is 0 Å². The molecular weight excluding hydrogens is 218 g/mol. The molecule has 4 heteroatoms. The van der Waals surface area contributed by atoms with Gasteiger partial charge in [-0.25, -0.2) is 4.79 Å². The van der Waals surface area contributed by atoms with Gasteiger partial charge in [-0.1, -0.05) is 12.1 Å². The molecule has 1 aliphatic rings. The fourth-order valence-electron chi connectivity index (χ4n) is 2.05. The number of nitrogens with one attached hydrogen (secondary N) is 1. The van der Waals surface area contributed by atoms with Crippen LogP contribution in [0.3, 0.4) is 0 Å². The lowest BCUT2D eigenvalue weighted by Gasteiger charge is -2.23. The van der Waals surface area contributed by atoms with Crippen LogP contribution in [0.25, 0.3) is 0 Å². The van der Waals surface area contributed by atoms with Gasteiger partial charge in [0.25, 0.3) is 0 Å². The number of carboxylic acid groups (broad SMARTS) is 1. The second-order valence-electron chi connectivity index (χ2n) is 4.31. The standard InChI is InChI=1S/C13H17NO3/c15-13(16)11-5-1-2-6-12(11)14-8-10-4-3-7-17-9-10/h1-2,5-6,10,14H,3-4,7-9H2,(H,15,16). The highest BCUT2D eigenvalue weighted by Crippen LogP contribution is 2.18. The lowest BCUT2D eigenvalue weighted by atomic mass is 10.0. The topological polar surface area (TPSA) is 58.6 Å². The summed E-state index contributed by atoms with van der Waals surface area (Å²) in [5, 5.41) is 12.2. The van der Waals surface area contributed by atoms with E-state index in [1.807, 2.05) is 6.07 Å². The minimum Gasteiger partial charge on any atom is -0.478 e. The molecule has 2 N–H and O–H groups in total. The van der Waals surface area contributed by atoms with Crippen LogP contribution in [0.4, 0.5) is 5.69 Å². The highest BCUT2D eigenvalue weighted by molar-refractivity contribution is 5.94. The molecule has 1 heterocycles. The maximum absolute atomic E-state index is 11.0. The molecule has 92 valence electrons. The van der Waals surface area contributed by atoms with Gasteiger partial charge in [0.05, 0.1) is 12.2 Å². The number of rotatable bonds is 4. The summed E-state index contributed by atoms with van der Waals surface area (Å²) in [6.07, 6.45) is 2.23. The maximum atomic E-state index is 11.0. The van der Waals surface area contributed by atoms with Crippen LogP contribution in [0.15, 0.2) is 24.3 Å². The van der Waals surface area contributed by atoms with E-state index in [0.29, 0.717) is 17.2 Å². The van der Waals surface area contributed by atoms with Crippen LogP contribution in [0.5, 0.6) is 0 Å². The Labute approximate surface area is 101 Å². The minimum absolute atomic E-state index is 0.323. The number of para-hydroxylation sites is 1. The first-order valence-corrected chi connectivity index (χ1v) is 5.91. The molecule has 4 nitrogen and oxygen atoms in total. The number of ether oxygens (including phenoxy) is 1. The SMILES string of the molecule is O=C(O)c1ccccc1NCC1CCCOC1. The average Bonchev–Trinajstić information content (AvgIpc) is 2.38. The summed E-state index contributed by atoms with van der Waals surface area (Å²) in [7, 11) is 0. The number of aromatic carboxylic acids is 1. The Balaban J connectivity index is 1.96. The van der Waals surface area contributed by atoms with E-state index in [0.717, 1.165) is 32.6 Å². The van der Waals surface area contributed by atoms with Gasteiger partial charge in [-0.3, -0.25) is 0 Å². The first-order valence-electron chi connectivity index (χ1n) is 5.91. The highest BCUT2D eigenvalue weighted by Gasteiger charge is 2.15. The van der Waals surface area contributed by atoms with Crippen LogP contribution in [0, 0.1) is 5.92 Å². The van der Waals surface area contributed by atoms with E-state index < -0.39 is 5.97 Å². The molecule has 0 saturated carbocycles. The Bertz CT molecular complexity index is 386. The second kappa shape index (κ2) is 5.68. The van der Waals surface area contributed by atoms with Crippen molar-refractivity contribution in [3.05, 3.63) is 29.8 Å². The lowest BCUT2D eigenvalue weighted by molar-refractivity contribution is 0.0595. The van der Waals surface area contributed by atoms with E-state index in [2.05, 4.69) is 5.32 Å². The van der Waals surface area contributed by atoms with E-state index >= 15 is 0 Å². The van der Waals surface area contributed by atoms with E-state index in [1.165, 1.54) is 0 Å². The molecule has 1 fully saturated rings. The molecular formula is C13H17NO3. The van der Waals surface area contributed by atoms with Gasteiger partial charge in [-0.05, 0) is 30.9 Å². The lowest BCUT2D eigenvalue weighted by Crippen LogP contribution is -2.24. The van der Waals surface area contributed by atoms with Gasteiger partial charge in [-0.15, -0.1) is 0 Å². The molecule has 1 atom stereocenters. The van der Waals surface area contributed by atoms with Gasteiger partial charge in [0.15, 0.2) is 0 Å². The van der Waals surface area contributed by atoms with Crippen LogP contribution < -0.4 is 5.32 Å². The Morgan fingerprint density at radius 1 is 1.47 bits per heavy atom. The normalized spacial score (nSPS) is 19.9. The van der Waals surface area contributed by atoms with Crippen LogP contribution in [-0.4, -0.2) is 30.8 Å². The molecule has 2 rings (SSSR count). The first-order chi connectivity index (χ1) is 8.27. The van der Waals surface area contributed by atoms with Gasteiger partial charge in [-0.2, -0.15) is 0 Å². The molecule has 1 aromatic rings. The van der Waals surface area contributed by atoms with E-state index in [1.54, 1.807) is 18.2 Å². The van der Waals surface area contributed by atoms with Crippen LogP contribution in [-0.2, 0) is 4.74 Å². The third kappa shape index (κ3) is 3.20. The summed E-state index contributed by atoms with van der Waals surface area (Å²) in [4.78, 5) is 11.0. The molecule has 1 saturated heterocycles. The molecule has 0 bridgehead atoms. The van der Waals surface area contributed by atoms with Crippen LogP contribution in [0.2, 0.25) is 0 Å². The molecule has 0 amide bonds. The quantitative estimate of drug-likeness (QED) is 0.840. The number of hydrogen-bond donors (Lipinski definition) is 2. The number of hydrogen-bond acceptors (Lipinski definition) is 3. The fraction of sp³-hybridized carbons (Fsp3) is 0.462. The largest absolute Gasteiger partial charge is 0.478 e. The third-order valence-electron chi connectivity index (χ3n) is 2.99. The Morgan fingerprint density at radius 3 is 3.00 bits per heavy atom. The van der Waals surface area contributed by atoms with Crippen molar-refractivity contribution in [1.29, 1.82) is 0 Å². The molecule has 1 aliphatic heterocycles. The molecule has 0 spiro atoms. The molecule has 0 radical (unpaired) electrons. The van der Waals surface area contributed by atoms with Crippen molar-refractivity contribution in [3.63, 3.8) is 0 Å². The van der Waals surface area contributed by atoms with Gasteiger partial charge >= 0.3 is 5.97 Å². The zero-order valence-corrected chi connectivity index (χ0v) is 9.69. The van der Waals surface area contributed by atoms with Crippen molar-refractivity contribution in [2.45, 2.75) is 12.8 Å². The summed E-state index contributed by atoms with van der Waals surface area (Å²) >= 11 is 0. The van der Waals surface area contributed by atoms with Crippen molar-refractivity contribution in [2.75, 3.05) is 25.1 Å². The summed E-state index contributed by atoms with van der Waals surface area (Å²) in [5.41, 5.74) is 1.01. The Morgan fingerprint density at radius 2 is 2.29 bits per heavy atom. The number of carboxylic acids is 1. The molecule has 1 unspecified atom stereocenters. The summed E-state index contributed by atoms with van der Waals surface area (Å²) in [6, 6.07) is 6.99. The van der Waals surface area contributed by atoms with Crippen LogP contribution in [0.1, 0.15) is 23.2 Å². The molecule has 0 aliphatic carbocycles. The van der Waals surface area contributed by atoms with Gasteiger partial charge < -0.3 is 15.2 Å². The van der Waals surface area contributed by atoms with Gasteiger partial charge in [0, 0.05) is 18.8 Å². The van der Waals surface area contributed by atoms with E-state index in [-0.39, 0.29) is 0 Å². The minimum atomic E-state index is -0.895.